The number of anilines is 1. The Morgan fingerprint density at radius 2 is 1.65 bits per heavy atom. The monoisotopic (exact) mass is 378 g/mol. The molecule has 0 unspecified atom stereocenters. The normalized spacial score (nSPS) is 20.7. The van der Waals surface area contributed by atoms with Crippen LogP contribution in [0.25, 0.3) is 0 Å². The topological polar surface area (TPSA) is 75.3 Å². The van der Waals surface area contributed by atoms with E-state index in [9.17, 15) is 13.2 Å². The van der Waals surface area contributed by atoms with Crippen molar-refractivity contribution in [2.24, 2.45) is 0 Å². The van der Waals surface area contributed by atoms with Crippen LogP contribution in [0.2, 0.25) is 0 Å². The van der Waals surface area contributed by atoms with E-state index < -0.39 is 15.4 Å². The van der Waals surface area contributed by atoms with Gasteiger partial charge in [0.05, 0.1) is 11.2 Å². The third kappa shape index (κ3) is 4.22. The van der Waals surface area contributed by atoms with Gasteiger partial charge in [0.2, 0.25) is 15.9 Å². The molecular weight excluding hydrogens is 348 g/mol. The van der Waals surface area contributed by atoms with Gasteiger partial charge >= 0.3 is 0 Å². The van der Waals surface area contributed by atoms with Crippen LogP contribution < -0.4 is 10.0 Å². The highest BCUT2D eigenvalue weighted by Crippen LogP contribution is 2.40. The second-order valence-electron chi connectivity index (χ2n) is 7.68. The summed E-state index contributed by atoms with van der Waals surface area (Å²) in [5.41, 5.74) is 1.09. The molecule has 0 spiro atoms. The average Bonchev–Trinajstić information content (AvgIpc) is 3.15. The summed E-state index contributed by atoms with van der Waals surface area (Å²) >= 11 is 0. The Morgan fingerprint density at radius 3 is 2.23 bits per heavy atom. The van der Waals surface area contributed by atoms with Gasteiger partial charge in [0.15, 0.2) is 0 Å². The van der Waals surface area contributed by atoms with Gasteiger partial charge in [-0.05, 0) is 50.3 Å². The van der Waals surface area contributed by atoms with Crippen LogP contribution in [0.1, 0.15) is 70.3 Å². The van der Waals surface area contributed by atoms with Crippen molar-refractivity contribution >= 4 is 21.6 Å². The number of amides is 1. The molecule has 2 N–H and O–H groups in total. The summed E-state index contributed by atoms with van der Waals surface area (Å²) in [7, 11) is -3.29. The van der Waals surface area contributed by atoms with Gasteiger partial charge in [0, 0.05) is 11.7 Å². The molecule has 2 fully saturated rings. The molecule has 1 amide bonds. The number of benzene rings is 1. The second kappa shape index (κ2) is 7.99. The maximum atomic E-state index is 13.2. The van der Waals surface area contributed by atoms with Crippen LogP contribution >= 0.6 is 0 Å². The number of sulfonamides is 1. The molecule has 26 heavy (non-hydrogen) atoms. The highest BCUT2D eigenvalue weighted by atomic mass is 32.2. The first-order valence-electron chi connectivity index (χ1n) is 9.87. The molecule has 5 nitrogen and oxygen atoms in total. The van der Waals surface area contributed by atoms with Crippen LogP contribution in [-0.2, 0) is 20.2 Å². The maximum Gasteiger partial charge on any atom is 0.232 e. The standard InChI is InChI=1S/C20H30N2O3S/c1-2-26(24,25)22-18-12-10-16(11-13-18)20(14-6-3-7-15-20)19(23)21-17-8-4-5-9-17/h10-13,17,22H,2-9,14-15H2,1H3,(H,21,23). The zero-order valence-corrected chi connectivity index (χ0v) is 16.4. The number of carbonyl (C=O) groups excluding carboxylic acids is 1. The van der Waals surface area contributed by atoms with Gasteiger partial charge in [-0.2, -0.15) is 0 Å². The molecule has 0 heterocycles. The lowest BCUT2D eigenvalue weighted by Gasteiger charge is -2.37. The molecule has 144 valence electrons. The van der Waals surface area contributed by atoms with Crippen molar-refractivity contribution in [1.29, 1.82) is 0 Å². The average molecular weight is 379 g/mol. The van der Waals surface area contributed by atoms with Gasteiger partial charge in [0.1, 0.15) is 0 Å². The van der Waals surface area contributed by atoms with E-state index in [0.717, 1.165) is 44.1 Å². The van der Waals surface area contributed by atoms with E-state index in [-0.39, 0.29) is 11.7 Å². The highest BCUT2D eigenvalue weighted by Gasteiger charge is 2.41. The van der Waals surface area contributed by atoms with Gasteiger partial charge in [-0.1, -0.05) is 44.2 Å². The Labute approximate surface area is 157 Å². The predicted molar refractivity (Wildman–Crippen MR) is 105 cm³/mol. The summed E-state index contributed by atoms with van der Waals surface area (Å²) in [4.78, 5) is 13.2. The molecule has 6 heteroatoms. The van der Waals surface area contributed by atoms with E-state index >= 15 is 0 Å². The number of carbonyl (C=O) groups is 1. The molecule has 2 aliphatic carbocycles. The minimum Gasteiger partial charge on any atom is -0.353 e. The van der Waals surface area contributed by atoms with E-state index in [1.807, 2.05) is 12.1 Å². The summed E-state index contributed by atoms with van der Waals surface area (Å²) < 4.78 is 26.1. The van der Waals surface area contributed by atoms with E-state index in [2.05, 4.69) is 10.0 Å². The fourth-order valence-electron chi connectivity index (χ4n) is 4.30. The van der Waals surface area contributed by atoms with Crippen LogP contribution in [0.4, 0.5) is 5.69 Å². The smallest absolute Gasteiger partial charge is 0.232 e. The van der Waals surface area contributed by atoms with Gasteiger partial charge in [-0.15, -0.1) is 0 Å². The number of rotatable bonds is 6. The summed E-state index contributed by atoms with van der Waals surface area (Å²) in [5.74, 6) is 0.202. The third-order valence-corrected chi connectivity index (χ3v) is 7.23. The Hall–Kier alpha value is -1.56. The molecule has 1 aromatic rings. The first-order valence-corrected chi connectivity index (χ1v) is 11.5. The molecule has 0 atom stereocenters. The van der Waals surface area contributed by atoms with Crippen molar-refractivity contribution in [3.63, 3.8) is 0 Å². The summed E-state index contributed by atoms with van der Waals surface area (Å²) in [6, 6.07) is 7.72. The first-order chi connectivity index (χ1) is 12.5. The molecule has 0 saturated heterocycles. The minimum absolute atomic E-state index is 0.0441. The van der Waals surface area contributed by atoms with E-state index in [1.165, 1.54) is 19.3 Å². The molecule has 2 saturated carbocycles. The zero-order chi connectivity index (χ0) is 18.6. The van der Waals surface area contributed by atoms with Crippen molar-refractivity contribution in [3.05, 3.63) is 29.8 Å². The lowest BCUT2D eigenvalue weighted by atomic mass is 9.68. The van der Waals surface area contributed by atoms with E-state index in [0.29, 0.717) is 11.7 Å². The van der Waals surface area contributed by atoms with E-state index in [4.69, 9.17) is 0 Å². The van der Waals surface area contributed by atoms with Crippen molar-refractivity contribution in [1.82, 2.24) is 5.32 Å². The Morgan fingerprint density at radius 1 is 1.04 bits per heavy atom. The quantitative estimate of drug-likeness (QED) is 0.792. The fourth-order valence-corrected chi connectivity index (χ4v) is 4.94. The minimum atomic E-state index is -3.29. The van der Waals surface area contributed by atoms with E-state index in [1.54, 1.807) is 19.1 Å². The Balaban J connectivity index is 1.81. The van der Waals surface area contributed by atoms with Gasteiger partial charge in [0.25, 0.3) is 0 Å². The molecule has 3 rings (SSSR count). The van der Waals surface area contributed by atoms with Gasteiger partial charge in [-0.25, -0.2) is 8.42 Å². The first kappa shape index (κ1) is 19.2. The Bertz CT molecular complexity index is 716. The SMILES string of the molecule is CCS(=O)(=O)Nc1ccc(C2(C(=O)NC3CCCC3)CCCCC2)cc1. The van der Waals surface area contributed by atoms with Crippen LogP contribution in [-0.4, -0.2) is 26.1 Å². The van der Waals surface area contributed by atoms with Crippen molar-refractivity contribution in [2.45, 2.75) is 76.2 Å². The second-order valence-corrected chi connectivity index (χ2v) is 9.69. The maximum absolute atomic E-state index is 13.2. The molecule has 0 aliphatic heterocycles. The van der Waals surface area contributed by atoms with Crippen LogP contribution in [0.15, 0.2) is 24.3 Å². The number of hydrogen-bond donors (Lipinski definition) is 2. The Kier molecular flexibility index (Phi) is 5.90. The molecular formula is C20H30N2O3S. The molecule has 1 aromatic carbocycles. The fraction of sp³-hybridized carbons (Fsp3) is 0.650. The lowest BCUT2D eigenvalue weighted by molar-refractivity contribution is -0.128. The molecule has 2 aliphatic rings. The van der Waals surface area contributed by atoms with Crippen LogP contribution in [0, 0.1) is 0 Å². The van der Waals surface area contributed by atoms with Crippen molar-refractivity contribution < 1.29 is 13.2 Å². The predicted octanol–water partition coefficient (Wildman–Crippen LogP) is 3.71. The highest BCUT2D eigenvalue weighted by molar-refractivity contribution is 7.92. The van der Waals surface area contributed by atoms with Gasteiger partial charge in [-0.3, -0.25) is 9.52 Å². The van der Waals surface area contributed by atoms with Crippen molar-refractivity contribution in [2.75, 3.05) is 10.5 Å². The van der Waals surface area contributed by atoms with Crippen LogP contribution in [0.5, 0.6) is 0 Å². The summed E-state index contributed by atoms with van der Waals surface area (Å²) in [5, 5.41) is 3.30. The van der Waals surface area contributed by atoms with Crippen LogP contribution in [0.3, 0.4) is 0 Å². The molecule has 0 aromatic heterocycles. The number of hydrogen-bond acceptors (Lipinski definition) is 3. The summed E-state index contributed by atoms with van der Waals surface area (Å²) in [6.45, 7) is 1.61. The van der Waals surface area contributed by atoms with Crippen molar-refractivity contribution in [3.8, 4) is 0 Å². The number of nitrogens with one attached hydrogen (secondary N) is 2. The largest absolute Gasteiger partial charge is 0.353 e. The summed E-state index contributed by atoms with van der Waals surface area (Å²) in [6.07, 6.45) is 9.59. The lowest BCUT2D eigenvalue weighted by Crippen LogP contribution is -2.48. The van der Waals surface area contributed by atoms with Gasteiger partial charge < -0.3 is 5.32 Å². The zero-order valence-electron chi connectivity index (χ0n) is 15.6. The molecule has 0 radical (unpaired) electrons. The molecule has 0 bridgehead atoms. The third-order valence-electron chi connectivity index (χ3n) is 5.92.